The van der Waals surface area contributed by atoms with Crippen molar-refractivity contribution in [2.24, 2.45) is 0 Å². The molecule has 1 aromatic heterocycles. The van der Waals surface area contributed by atoms with Gasteiger partial charge in [0.2, 0.25) is 5.91 Å². The van der Waals surface area contributed by atoms with E-state index in [-0.39, 0.29) is 37.6 Å². The molecule has 11 nitrogen and oxygen atoms in total. The van der Waals surface area contributed by atoms with Gasteiger partial charge in [-0.3, -0.25) is 19.1 Å². The van der Waals surface area contributed by atoms with E-state index >= 15 is 0 Å². The Hall–Kier alpha value is -4.38. The average molecular weight is 481 g/mol. The highest BCUT2D eigenvalue weighted by Crippen LogP contribution is 2.17. The number of hydrogen-bond donors (Lipinski definition) is 5. The van der Waals surface area contributed by atoms with Crippen molar-refractivity contribution in [2.75, 3.05) is 36.2 Å². The molecule has 0 saturated carbocycles. The van der Waals surface area contributed by atoms with Crippen LogP contribution in [0, 0.1) is 0 Å². The standard InChI is InChI=1S/C24H28N6O5/c1-35-15-14-30-21(20(22(32)29-24(30)34)26-16-17-8-4-2-5-9-17)28-19(31)12-13-25-23(33)27-18-10-6-3-7-11-18/h2-11,26H,12-16H2,1H3,(H,28,31)(H2,25,27,33)(H,29,32,34). The summed E-state index contributed by atoms with van der Waals surface area (Å²) in [7, 11) is 1.48. The van der Waals surface area contributed by atoms with E-state index < -0.39 is 23.2 Å². The van der Waals surface area contributed by atoms with Crippen molar-refractivity contribution in [1.29, 1.82) is 0 Å². The molecular weight excluding hydrogens is 452 g/mol. The van der Waals surface area contributed by atoms with Crippen molar-refractivity contribution in [3.63, 3.8) is 0 Å². The zero-order chi connectivity index (χ0) is 25.0. The normalized spacial score (nSPS) is 10.4. The number of benzene rings is 2. The van der Waals surface area contributed by atoms with Crippen LogP contribution in [0.4, 0.5) is 22.0 Å². The average Bonchev–Trinajstić information content (AvgIpc) is 2.84. The van der Waals surface area contributed by atoms with E-state index in [4.69, 9.17) is 4.74 Å². The molecule has 184 valence electrons. The van der Waals surface area contributed by atoms with Gasteiger partial charge in [0.25, 0.3) is 5.56 Å². The predicted molar refractivity (Wildman–Crippen MR) is 134 cm³/mol. The van der Waals surface area contributed by atoms with Crippen molar-refractivity contribution in [3.05, 3.63) is 87.1 Å². The lowest BCUT2D eigenvalue weighted by Gasteiger charge is -2.18. The summed E-state index contributed by atoms with van der Waals surface area (Å²) in [6.07, 6.45) is -0.0778. The number of nitrogens with one attached hydrogen (secondary N) is 5. The summed E-state index contributed by atoms with van der Waals surface area (Å²) in [5.41, 5.74) is 0.248. The van der Waals surface area contributed by atoms with Gasteiger partial charge in [0.1, 0.15) is 11.5 Å². The third-order valence-corrected chi connectivity index (χ3v) is 4.96. The van der Waals surface area contributed by atoms with Crippen LogP contribution in [0.2, 0.25) is 0 Å². The van der Waals surface area contributed by atoms with Gasteiger partial charge in [-0.05, 0) is 17.7 Å². The van der Waals surface area contributed by atoms with Gasteiger partial charge in [-0.1, -0.05) is 48.5 Å². The van der Waals surface area contributed by atoms with Crippen LogP contribution in [0.3, 0.4) is 0 Å². The maximum atomic E-state index is 12.7. The Kier molecular flexibility index (Phi) is 9.20. The zero-order valence-corrected chi connectivity index (χ0v) is 19.3. The number of rotatable bonds is 11. The second-order valence-corrected chi connectivity index (χ2v) is 7.51. The number of anilines is 3. The van der Waals surface area contributed by atoms with Crippen LogP contribution in [0.5, 0.6) is 0 Å². The quantitative estimate of drug-likeness (QED) is 0.283. The van der Waals surface area contributed by atoms with E-state index in [0.717, 1.165) is 5.56 Å². The van der Waals surface area contributed by atoms with Crippen LogP contribution in [-0.4, -0.2) is 41.8 Å². The van der Waals surface area contributed by atoms with Crippen molar-refractivity contribution in [2.45, 2.75) is 19.5 Å². The molecule has 5 N–H and O–H groups in total. The Bertz CT molecular complexity index is 1240. The third-order valence-electron chi connectivity index (χ3n) is 4.96. The predicted octanol–water partition coefficient (Wildman–Crippen LogP) is 1.95. The van der Waals surface area contributed by atoms with E-state index in [2.05, 4.69) is 26.3 Å². The first kappa shape index (κ1) is 25.2. The number of methoxy groups -OCH3 is 1. The van der Waals surface area contributed by atoms with Gasteiger partial charge in [0, 0.05) is 32.3 Å². The zero-order valence-electron chi connectivity index (χ0n) is 19.3. The highest BCUT2D eigenvalue weighted by atomic mass is 16.5. The van der Waals surface area contributed by atoms with Gasteiger partial charge < -0.3 is 26.0 Å². The summed E-state index contributed by atoms with van der Waals surface area (Å²) in [4.78, 5) is 52.0. The largest absolute Gasteiger partial charge is 0.383 e. The van der Waals surface area contributed by atoms with Gasteiger partial charge in [-0.25, -0.2) is 9.59 Å². The molecular formula is C24H28N6O5. The van der Waals surface area contributed by atoms with Crippen LogP contribution < -0.4 is 32.5 Å². The first-order chi connectivity index (χ1) is 17.0. The van der Waals surface area contributed by atoms with Gasteiger partial charge in [0.05, 0.1) is 13.2 Å². The minimum absolute atomic E-state index is 0.0328. The van der Waals surface area contributed by atoms with Crippen LogP contribution in [0.15, 0.2) is 70.3 Å². The van der Waals surface area contributed by atoms with Crippen molar-refractivity contribution < 1.29 is 14.3 Å². The van der Waals surface area contributed by atoms with Crippen LogP contribution in [0.25, 0.3) is 0 Å². The molecule has 0 spiro atoms. The smallest absolute Gasteiger partial charge is 0.330 e. The van der Waals surface area contributed by atoms with Gasteiger partial charge in [0.15, 0.2) is 0 Å². The number of para-hydroxylation sites is 1. The van der Waals surface area contributed by atoms with Crippen molar-refractivity contribution >= 4 is 29.1 Å². The lowest BCUT2D eigenvalue weighted by molar-refractivity contribution is -0.116. The fraction of sp³-hybridized carbons (Fsp3) is 0.250. The number of hydrogen-bond acceptors (Lipinski definition) is 6. The van der Waals surface area contributed by atoms with Gasteiger partial charge in [-0.15, -0.1) is 0 Å². The number of urea groups is 1. The topological polar surface area (TPSA) is 146 Å². The molecule has 3 amide bonds. The van der Waals surface area contributed by atoms with Crippen LogP contribution in [-0.2, 0) is 22.6 Å². The molecule has 0 radical (unpaired) electrons. The van der Waals surface area contributed by atoms with E-state index in [0.29, 0.717) is 12.2 Å². The number of aromatic nitrogens is 2. The SMILES string of the molecule is COCCn1c(NC(=O)CCNC(=O)Nc2ccccc2)c(NCc2ccccc2)c(=O)[nH]c1=O. The molecule has 11 heteroatoms. The minimum atomic E-state index is -0.673. The van der Waals surface area contributed by atoms with Crippen molar-refractivity contribution in [3.8, 4) is 0 Å². The second kappa shape index (κ2) is 12.8. The molecule has 0 atom stereocenters. The Balaban J connectivity index is 1.70. The first-order valence-corrected chi connectivity index (χ1v) is 11.0. The Morgan fingerprint density at radius 1 is 0.971 bits per heavy atom. The molecule has 0 unspecified atom stereocenters. The summed E-state index contributed by atoms with van der Waals surface area (Å²) < 4.78 is 6.29. The first-order valence-electron chi connectivity index (χ1n) is 11.0. The minimum Gasteiger partial charge on any atom is -0.383 e. The highest BCUT2D eigenvalue weighted by Gasteiger charge is 2.17. The molecule has 1 heterocycles. The van der Waals surface area contributed by atoms with Gasteiger partial charge in [-0.2, -0.15) is 0 Å². The summed E-state index contributed by atoms with van der Waals surface area (Å²) >= 11 is 0. The Labute approximate surface area is 201 Å². The molecule has 0 aliphatic carbocycles. The van der Waals surface area contributed by atoms with E-state index in [1.165, 1.54) is 11.7 Å². The molecule has 0 saturated heterocycles. The summed E-state index contributed by atoms with van der Waals surface area (Å²) in [6, 6.07) is 17.8. The summed E-state index contributed by atoms with van der Waals surface area (Å²) in [5.74, 6) is -0.450. The summed E-state index contributed by atoms with van der Waals surface area (Å²) in [5, 5.41) is 10.9. The number of aromatic amines is 1. The lowest BCUT2D eigenvalue weighted by atomic mass is 10.2. The molecule has 0 aliphatic rings. The molecule has 0 aliphatic heterocycles. The monoisotopic (exact) mass is 480 g/mol. The van der Waals surface area contributed by atoms with E-state index in [1.807, 2.05) is 36.4 Å². The number of carbonyl (C=O) groups is 2. The third kappa shape index (κ3) is 7.57. The molecule has 0 fully saturated rings. The molecule has 0 bridgehead atoms. The number of carbonyl (C=O) groups excluding carboxylic acids is 2. The molecule has 3 aromatic rings. The number of amides is 3. The van der Waals surface area contributed by atoms with Crippen molar-refractivity contribution in [1.82, 2.24) is 14.9 Å². The number of nitrogens with zero attached hydrogens (tertiary/aromatic N) is 1. The number of ether oxygens (including phenoxy) is 1. The van der Waals surface area contributed by atoms with E-state index in [9.17, 15) is 19.2 Å². The molecule has 2 aromatic carbocycles. The molecule has 35 heavy (non-hydrogen) atoms. The maximum absolute atomic E-state index is 12.7. The Morgan fingerprint density at radius 3 is 2.34 bits per heavy atom. The van der Waals surface area contributed by atoms with E-state index in [1.54, 1.807) is 24.3 Å². The second-order valence-electron chi connectivity index (χ2n) is 7.51. The van der Waals surface area contributed by atoms with Gasteiger partial charge >= 0.3 is 11.7 Å². The van der Waals surface area contributed by atoms with Crippen LogP contribution >= 0.6 is 0 Å². The number of H-pyrrole nitrogens is 1. The fourth-order valence-electron chi connectivity index (χ4n) is 3.23. The Morgan fingerprint density at radius 2 is 1.66 bits per heavy atom. The molecule has 3 rings (SSSR count). The maximum Gasteiger partial charge on any atom is 0.330 e. The highest BCUT2D eigenvalue weighted by molar-refractivity contribution is 5.94. The van der Waals surface area contributed by atoms with Crippen LogP contribution in [0.1, 0.15) is 12.0 Å². The lowest BCUT2D eigenvalue weighted by Crippen LogP contribution is -2.37. The fourth-order valence-corrected chi connectivity index (χ4v) is 3.23. The summed E-state index contributed by atoms with van der Waals surface area (Å²) in [6.45, 7) is 0.646.